The molecule has 0 spiro atoms. The predicted octanol–water partition coefficient (Wildman–Crippen LogP) is 5.95. The highest BCUT2D eigenvalue weighted by Crippen LogP contribution is 2.29. The lowest BCUT2D eigenvalue weighted by Crippen LogP contribution is -2.20. The lowest BCUT2D eigenvalue weighted by molar-refractivity contribution is 0.104. The monoisotopic (exact) mass is 447 g/mol. The Balaban J connectivity index is 1.94. The highest BCUT2D eigenvalue weighted by molar-refractivity contribution is 6.09. The number of benzene rings is 3. The largest absolute Gasteiger partial charge is 0.494 e. The van der Waals surface area contributed by atoms with Gasteiger partial charge in [0, 0.05) is 6.54 Å². The summed E-state index contributed by atoms with van der Waals surface area (Å²) in [6.45, 7) is 5.30. The molecule has 0 unspecified atom stereocenters. The Labute approximate surface area is 195 Å². The number of hydrogen-bond donors (Lipinski definition) is 0. The molecule has 0 radical (unpaired) electrons. The fourth-order valence-electron chi connectivity index (χ4n) is 3.56. The van der Waals surface area contributed by atoms with Gasteiger partial charge in [-0.1, -0.05) is 47.5 Å². The Hall–Kier alpha value is -3.44. The molecule has 0 aliphatic carbocycles. The highest BCUT2D eigenvalue weighted by Gasteiger charge is 2.13. The highest BCUT2D eigenvalue weighted by atomic mass is 19.1. The summed E-state index contributed by atoms with van der Waals surface area (Å²) >= 11 is 0. The first-order valence-electron chi connectivity index (χ1n) is 10.8. The van der Waals surface area contributed by atoms with Crippen molar-refractivity contribution in [1.29, 1.82) is 0 Å². The number of nitrogens with zero attached hydrogens (tertiary/aromatic N) is 1. The van der Waals surface area contributed by atoms with Crippen molar-refractivity contribution in [1.82, 2.24) is 4.90 Å². The van der Waals surface area contributed by atoms with E-state index in [2.05, 4.69) is 32.0 Å². The topological polar surface area (TPSA) is 38.8 Å². The van der Waals surface area contributed by atoms with Crippen LogP contribution in [0.15, 0.2) is 60.7 Å². The third kappa shape index (κ3) is 6.53. The quantitative estimate of drug-likeness (QED) is 0.300. The van der Waals surface area contributed by atoms with Crippen LogP contribution in [-0.2, 0) is 0 Å². The molecule has 0 atom stereocenters. The van der Waals surface area contributed by atoms with Gasteiger partial charge >= 0.3 is 0 Å². The van der Waals surface area contributed by atoms with Crippen LogP contribution in [0, 0.1) is 19.7 Å². The van der Waals surface area contributed by atoms with Gasteiger partial charge in [0.1, 0.15) is 12.4 Å². The van der Waals surface area contributed by atoms with E-state index in [0.29, 0.717) is 23.5 Å². The van der Waals surface area contributed by atoms with E-state index in [4.69, 9.17) is 9.47 Å². The van der Waals surface area contributed by atoms with Crippen molar-refractivity contribution >= 4 is 11.9 Å². The van der Waals surface area contributed by atoms with Gasteiger partial charge in [-0.05, 0) is 75.0 Å². The summed E-state index contributed by atoms with van der Waals surface area (Å²) in [6.07, 6.45) is 3.04. The summed E-state index contributed by atoms with van der Waals surface area (Å²) in [5, 5.41) is 0. The molecule has 0 aromatic heterocycles. The van der Waals surface area contributed by atoms with Crippen LogP contribution in [0.5, 0.6) is 11.5 Å². The minimum Gasteiger partial charge on any atom is -0.494 e. The standard InChI is InChI=1S/C28H30FNO3/c1-19-14-20(2)16-23(15-19)22-8-11-27(33-13-12-30(3)4)24(18-22)26(31)9-6-21-7-10-28(32-5)25(29)17-21/h6-11,14-18H,12-13H2,1-5H3. The van der Waals surface area contributed by atoms with Gasteiger partial charge in [0.15, 0.2) is 17.3 Å². The Kier molecular flexibility index (Phi) is 8.01. The zero-order valence-corrected chi connectivity index (χ0v) is 19.8. The van der Waals surface area contributed by atoms with Crippen molar-refractivity contribution in [3.63, 3.8) is 0 Å². The predicted molar refractivity (Wildman–Crippen MR) is 132 cm³/mol. The average molecular weight is 448 g/mol. The second-order valence-corrected chi connectivity index (χ2v) is 8.33. The van der Waals surface area contributed by atoms with E-state index < -0.39 is 5.82 Å². The van der Waals surface area contributed by atoms with Crippen molar-refractivity contribution in [2.24, 2.45) is 0 Å². The molecular formula is C28H30FNO3. The number of hydrogen-bond acceptors (Lipinski definition) is 4. The van der Waals surface area contributed by atoms with Crippen LogP contribution < -0.4 is 9.47 Å². The molecule has 0 aliphatic rings. The summed E-state index contributed by atoms with van der Waals surface area (Å²) < 4.78 is 24.9. The minimum absolute atomic E-state index is 0.163. The summed E-state index contributed by atoms with van der Waals surface area (Å²) in [5.74, 6) is 0.00525. The number of ketones is 1. The number of carbonyl (C=O) groups excluding carboxylic acids is 1. The van der Waals surface area contributed by atoms with Crippen LogP contribution in [0.25, 0.3) is 17.2 Å². The van der Waals surface area contributed by atoms with Gasteiger partial charge in [-0.15, -0.1) is 0 Å². The van der Waals surface area contributed by atoms with Gasteiger partial charge in [0.2, 0.25) is 0 Å². The first-order chi connectivity index (χ1) is 15.8. The van der Waals surface area contributed by atoms with E-state index in [1.54, 1.807) is 12.1 Å². The number of ether oxygens (including phenoxy) is 2. The number of aryl methyl sites for hydroxylation is 2. The number of rotatable bonds is 9. The van der Waals surface area contributed by atoms with Crippen LogP contribution in [0.4, 0.5) is 4.39 Å². The zero-order chi connectivity index (χ0) is 24.0. The van der Waals surface area contributed by atoms with Crippen LogP contribution in [-0.4, -0.2) is 45.0 Å². The summed E-state index contributed by atoms with van der Waals surface area (Å²) in [4.78, 5) is 15.2. The molecule has 3 rings (SSSR count). The third-order valence-corrected chi connectivity index (χ3v) is 5.20. The molecular weight excluding hydrogens is 417 g/mol. The Morgan fingerprint density at radius 1 is 0.939 bits per heavy atom. The Bertz CT molecular complexity index is 1150. The van der Waals surface area contributed by atoms with Crippen molar-refractivity contribution in [3.05, 3.63) is 88.7 Å². The lowest BCUT2D eigenvalue weighted by Gasteiger charge is -2.15. The number of carbonyl (C=O) groups is 1. The van der Waals surface area contributed by atoms with E-state index in [0.717, 1.165) is 28.8 Å². The van der Waals surface area contributed by atoms with Crippen LogP contribution in [0.3, 0.4) is 0 Å². The summed E-state index contributed by atoms with van der Waals surface area (Å²) in [6, 6.07) is 16.6. The fraction of sp³-hybridized carbons (Fsp3) is 0.250. The number of likely N-dealkylation sites (N-methyl/N-ethyl adjacent to an activating group) is 1. The fourth-order valence-corrected chi connectivity index (χ4v) is 3.56. The normalized spacial score (nSPS) is 11.2. The minimum atomic E-state index is -0.475. The first kappa shape index (κ1) is 24.2. The molecule has 0 saturated heterocycles. The van der Waals surface area contributed by atoms with Gasteiger partial charge in [0.05, 0.1) is 12.7 Å². The van der Waals surface area contributed by atoms with Crippen molar-refractivity contribution in [2.75, 3.05) is 34.4 Å². The summed E-state index contributed by atoms with van der Waals surface area (Å²) in [7, 11) is 5.35. The van der Waals surface area contributed by atoms with Crippen molar-refractivity contribution in [3.8, 4) is 22.6 Å². The Morgan fingerprint density at radius 3 is 2.27 bits per heavy atom. The van der Waals surface area contributed by atoms with Gasteiger partial charge < -0.3 is 14.4 Å². The molecule has 0 bridgehead atoms. The number of methoxy groups -OCH3 is 1. The van der Waals surface area contributed by atoms with Gasteiger partial charge in [-0.25, -0.2) is 4.39 Å². The molecule has 0 N–H and O–H groups in total. The maximum Gasteiger partial charge on any atom is 0.189 e. The van der Waals surface area contributed by atoms with E-state index >= 15 is 0 Å². The maximum absolute atomic E-state index is 14.0. The second kappa shape index (κ2) is 10.9. The lowest BCUT2D eigenvalue weighted by atomic mass is 9.97. The van der Waals surface area contributed by atoms with Crippen LogP contribution in [0.2, 0.25) is 0 Å². The molecule has 172 valence electrons. The number of allylic oxidation sites excluding steroid dienone is 1. The maximum atomic E-state index is 14.0. The van der Waals surface area contributed by atoms with Crippen LogP contribution in [0.1, 0.15) is 27.0 Å². The molecule has 0 fully saturated rings. The molecule has 4 nitrogen and oxygen atoms in total. The second-order valence-electron chi connectivity index (χ2n) is 8.33. The van der Waals surface area contributed by atoms with Gasteiger partial charge in [0.25, 0.3) is 0 Å². The third-order valence-electron chi connectivity index (χ3n) is 5.20. The molecule has 0 aliphatic heterocycles. The zero-order valence-electron chi connectivity index (χ0n) is 19.8. The van der Waals surface area contributed by atoms with Crippen LogP contribution >= 0.6 is 0 Å². The van der Waals surface area contributed by atoms with E-state index in [1.165, 1.54) is 25.3 Å². The van der Waals surface area contributed by atoms with E-state index in [-0.39, 0.29) is 11.5 Å². The SMILES string of the molecule is COc1ccc(C=CC(=O)c2cc(-c3cc(C)cc(C)c3)ccc2OCCN(C)C)cc1F. The van der Waals surface area contributed by atoms with Crippen molar-refractivity contribution < 1.29 is 18.7 Å². The Morgan fingerprint density at radius 2 is 1.64 bits per heavy atom. The first-order valence-corrected chi connectivity index (χ1v) is 10.8. The van der Waals surface area contributed by atoms with E-state index in [9.17, 15) is 9.18 Å². The molecule has 5 heteroatoms. The van der Waals surface area contributed by atoms with Gasteiger partial charge in [-0.3, -0.25) is 4.79 Å². The molecule has 0 amide bonds. The van der Waals surface area contributed by atoms with E-state index in [1.807, 2.05) is 37.2 Å². The van der Waals surface area contributed by atoms with Crippen molar-refractivity contribution in [2.45, 2.75) is 13.8 Å². The smallest absolute Gasteiger partial charge is 0.189 e. The molecule has 33 heavy (non-hydrogen) atoms. The summed E-state index contributed by atoms with van der Waals surface area (Å²) in [5.41, 5.74) is 5.34. The molecule has 3 aromatic rings. The van der Waals surface area contributed by atoms with Gasteiger partial charge in [-0.2, -0.15) is 0 Å². The number of halogens is 1. The average Bonchev–Trinajstić information content (AvgIpc) is 2.76. The molecule has 0 saturated carbocycles. The molecule has 0 heterocycles. The molecule has 3 aromatic carbocycles.